The zero-order chi connectivity index (χ0) is 50.0. The Morgan fingerprint density at radius 1 is 0.608 bits per heavy atom. The third kappa shape index (κ3) is 8.98. The summed E-state index contributed by atoms with van der Waals surface area (Å²) in [5.74, 6) is 0. The van der Waals surface area contributed by atoms with Gasteiger partial charge in [-0.1, -0.05) is 182 Å². The third-order valence-electron chi connectivity index (χ3n) is 15.0. The average Bonchev–Trinajstić information content (AvgIpc) is 3.79. The molecule has 3 heterocycles. The maximum atomic E-state index is 5.35. The van der Waals surface area contributed by atoms with Gasteiger partial charge in [-0.25, -0.2) is 0 Å². The highest BCUT2D eigenvalue weighted by atomic mass is 15.2. The molecule has 2 unspecified atom stereocenters. The van der Waals surface area contributed by atoms with Crippen molar-refractivity contribution in [2.24, 2.45) is 4.99 Å². The molecule has 1 aromatic heterocycles. The maximum absolute atomic E-state index is 5.35. The summed E-state index contributed by atoms with van der Waals surface area (Å²) in [4.78, 5) is 7.69. The number of unbranched alkanes of at least 4 members (excludes halogenated alkanes) is 1. The van der Waals surface area contributed by atoms with E-state index in [9.17, 15) is 0 Å². The molecule has 9 aromatic rings. The standard InChI is InChI=1S/C70H60N4/c1-4-5-6-7-11-22-49-23-18-19-30-58(49)60-45-56(34-33-48(60)2)65-46-61(50-35-37-52(38-36-50)69-47-66(51-24-12-8-13-25-51)72-70(73(69)3)53-26-14-9-15-27-53)62-43-54(39-41-64(62)71-65)55-40-42-68-63(44-55)59-31-20-21-32-67(59)74(68)57-28-16-10-17-29-57/h4-5,8,10-14,16-47,65,70-71H,6-7,9,15H2,1-3H3/b5-4+,22-11-. The van der Waals surface area contributed by atoms with Crippen LogP contribution in [0.4, 0.5) is 5.69 Å². The van der Waals surface area contributed by atoms with Crippen LogP contribution in [0.1, 0.15) is 77.6 Å². The van der Waals surface area contributed by atoms with E-state index in [0.29, 0.717) is 0 Å². The SMILES string of the molecule is C/C=C/CC/C=C\c1ccccc1-c1cc(C2C=C(c3ccc(C4=CC(c5ccccc5)=NC(C5=CCCC=C5)N4C)cc3)c3cc(-c4ccc5c(c4)c4ccccc4n5-c4ccccc4)ccc3N2)ccc1C. The van der Waals surface area contributed by atoms with Crippen molar-refractivity contribution in [1.82, 2.24) is 9.47 Å². The van der Waals surface area contributed by atoms with Crippen molar-refractivity contribution in [3.05, 3.63) is 281 Å². The van der Waals surface area contributed by atoms with Gasteiger partial charge in [-0.15, -0.1) is 0 Å². The van der Waals surface area contributed by atoms with E-state index >= 15 is 0 Å². The highest BCUT2D eigenvalue weighted by Crippen LogP contribution is 2.44. The van der Waals surface area contributed by atoms with Crippen LogP contribution in [0.2, 0.25) is 0 Å². The van der Waals surface area contributed by atoms with Crippen LogP contribution in [0.25, 0.3) is 67.1 Å². The van der Waals surface area contributed by atoms with Gasteiger partial charge in [0, 0.05) is 40.5 Å². The first-order valence-corrected chi connectivity index (χ1v) is 26.2. The molecule has 3 aliphatic rings. The molecule has 12 rings (SSSR count). The summed E-state index contributed by atoms with van der Waals surface area (Å²) < 4.78 is 2.38. The average molecular weight is 957 g/mol. The molecule has 0 saturated heterocycles. The second-order valence-corrected chi connectivity index (χ2v) is 19.7. The van der Waals surface area contributed by atoms with Crippen molar-refractivity contribution in [3.8, 4) is 27.9 Å². The van der Waals surface area contributed by atoms with Crippen LogP contribution in [0.5, 0.6) is 0 Å². The summed E-state index contributed by atoms with van der Waals surface area (Å²) >= 11 is 0. The Kier molecular flexibility index (Phi) is 12.8. The summed E-state index contributed by atoms with van der Waals surface area (Å²) in [5.41, 5.74) is 22.5. The largest absolute Gasteiger partial charge is 0.374 e. The van der Waals surface area contributed by atoms with Gasteiger partial charge in [0.1, 0.15) is 6.17 Å². The summed E-state index contributed by atoms with van der Waals surface area (Å²) in [7, 11) is 2.18. The first-order valence-electron chi connectivity index (χ1n) is 26.2. The van der Waals surface area contributed by atoms with Crippen molar-refractivity contribution >= 4 is 50.6 Å². The fourth-order valence-corrected chi connectivity index (χ4v) is 11.2. The Morgan fingerprint density at radius 2 is 1.32 bits per heavy atom. The number of likely N-dealkylation sites (N-methyl/N-ethyl adjacent to an activating group) is 1. The Bertz CT molecular complexity index is 3780. The number of allylic oxidation sites excluding steroid dienone is 6. The molecule has 4 nitrogen and oxygen atoms in total. The van der Waals surface area contributed by atoms with E-state index in [-0.39, 0.29) is 12.2 Å². The normalized spacial score (nSPS) is 16.6. The highest BCUT2D eigenvalue weighted by Gasteiger charge is 2.28. The monoisotopic (exact) mass is 956 g/mol. The minimum Gasteiger partial charge on any atom is -0.374 e. The number of aryl methyl sites for hydroxylation is 1. The molecule has 0 radical (unpaired) electrons. The van der Waals surface area contributed by atoms with Crippen LogP contribution in [0.15, 0.2) is 247 Å². The second kappa shape index (κ2) is 20.4. The number of rotatable bonds is 12. The number of anilines is 1. The quantitative estimate of drug-likeness (QED) is 0.0978. The third-order valence-corrected chi connectivity index (χ3v) is 15.0. The highest BCUT2D eigenvalue weighted by molar-refractivity contribution is 6.13. The van der Waals surface area contributed by atoms with E-state index in [2.05, 4.69) is 278 Å². The van der Waals surface area contributed by atoms with Crippen molar-refractivity contribution in [2.45, 2.75) is 51.7 Å². The zero-order valence-electron chi connectivity index (χ0n) is 42.4. The smallest absolute Gasteiger partial charge is 0.147 e. The van der Waals surface area contributed by atoms with Gasteiger partial charge in [0.05, 0.1) is 22.8 Å². The predicted molar refractivity (Wildman–Crippen MR) is 315 cm³/mol. The van der Waals surface area contributed by atoms with Crippen molar-refractivity contribution in [1.29, 1.82) is 0 Å². The number of aromatic nitrogens is 1. The lowest BCUT2D eigenvalue weighted by Crippen LogP contribution is -2.34. The molecule has 2 atom stereocenters. The van der Waals surface area contributed by atoms with Gasteiger partial charge in [0.15, 0.2) is 0 Å². The summed E-state index contributed by atoms with van der Waals surface area (Å²) in [6.45, 7) is 4.32. The van der Waals surface area contributed by atoms with E-state index < -0.39 is 0 Å². The molecule has 0 spiro atoms. The topological polar surface area (TPSA) is 32.6 Å². The maximum Gasteiger partial charge on any atom is 0.147 e. The van der Waals surface area contributed by atoms with E-state index in [1.807, 2.05) is 0 Å². The lowest BCUT2D eigenvalue weighted by molar-refractivity contribution is 0.400. The van der Waals surface area contributed by atoms with Gasteiger partial charge in [-0.3, -0.25) is 4.99 Å². The van der Waals surface area contributed by atoms with Crippen LogP contribution in [0, 0.1) is 6.92 Å². The minimum atomic E-state index is -0.112. The van der Waals surface area contributed by atoms with Gasteiger partial charge in [-0.05, 0) is 167 Å². The molecule has 360 valence electrons. The van der Waals surface area contributed by atoms with E-state index in [4.69, 9.17) is 4.99 Å². The van der Waals surface area contributed by atoms with Gasteiger partial charge in [0.25, 0.3) is 0 Å². The Hall–Kier alpha value is -8.73. The number of hydrogen-bond donors (Lipinski definition) is 1. The fourth-order valence-electron chi connectivity index (χ4n) is 11.2. The van der Waals surface area contributed by atoms with Crippen LogP contribution in [-0.2, 0) is 0 Å². The number of nitrogens with one attached hydrogen (secondary N) is 1. The number of aliphatic imine (C=N–C) groups is 1. The van der Waals surface area contributed by atoms with Gasteiger partial charge in [0.2, 0.25) is 0 Å². The molecule has 0 fully saturated rings. The molecule has 74 heavy (non-hydrogen) atoms. The van der Waals surface area contributed by atoms with Gasteiger partial charge < -0.3 is 14.8 Å². The molecule has 0 bridgehead atoms. The Morgan fingerprint density at radius 3 is 2.15 bits per heavy atom. The molecule has 2 aliphatic heterocycles. The minimum absolute atomic E-state index is 0.0687. The van der Waals surface area contributed by atoms with Crippen LogP contribution in [0.3, 0.4) is 0 Å². The number of fused-ring (bicyclic) bond motifs is 4. The first-order chi connectivity index (χ1) is 36.5. The number of para-hydroxylation sites is 2. The molecule has 1 aliphatic carbocycles. The Balaban J connectivity index is 0.955. The number of benzene rings is 8. The van der Waals surface area contributed by atoms with E-state index in [0.717, 1.165) is 59.6 Å². The fraction of sp³-hybridized carbons (Fsp3) is 0.129. The van der Waals surface area contributed by atoms with Crippen LogP contribution < -0.4 is 5.32 Å². The van der Waals surface area contributed by atoms with Crippen LogP contribution >= 0.6 is 0 Å². The zero-order valence-corrected chi connectivity index (χ0v) is 42.4. The van der Waals surface area contributed by atoms with E-state index in [1.54, 1.807) is 0 Å². The molecule has 1 N–H and O–H groups in total. The Labute approximate surface area is 436 Å². The summed E-state index contributed by atoms with van der Waals surface area (Å²) in [5, 5.41) is 6.51. The van der Waals surface area contributed by atoms with Crippen molar-refractivity contribution in [2.75, 3.05) is 12.4 Å². The number of hydrogen-bond acceptors (Lipinski definition) is 3. The lowest BCUT2D eigenvalue weighted by Gasteiger charge is -2.35. The second-order valence-electron chi connectivity index (χ2n) is 19.7. The van der Waals surface area contributed by atoms with Crippen LogP contribution in [-0.4, -0.2) is 28.4 Å². The van der Waals surface area contributed by atoms with Crippen molar-refractivity contribution in [3.63, 3.8) is 0 Å². The summed E-state index contributed by atoms with van der Waals surface area (Å²) in [6, 6.07) is 69.0. The van der Waals surface area contributed by atoms with Gasteiger partial charge >= 0.3 is 0 Å². The van der Waals surface area contributed by atoms with Crippen molar-refractivity contribution < 1.29 is 0 Å². The lowest BCUT2D eigenvalue weighted by atomic mass is 9.86. The van der Waals surface area contributed by atoms with Gasteiger partial charge in [-0.2, -0.15) is 0 Å². The molecule has 0 saturated carbocycles. The first kappa shape index (κ1) is 46.3. The summed E-state index contributed by atoms with van der Waals surface area (Å²) in [6.07, 6.45) is 24.6. The molecular weight excluding hydrogens is 897 g/mol. The van der Waals surface area contributed by atoms with E-state index in [1.165, 1.54) is 83.0 Å². The number of nitrogens with zero attached hydrogens (tertiary/aromatic N) is 3. The molecule has 4 heteroatoms. The molecule has 8 aromatic carbocycles. The molecular formula is C70H60N4. The predicted octanol–water partition coefficient (Wildman–Crippen LogP) is 17.8. The molecule has 0 amide bonds.